The van der Waals surface area contributed by atoms with Crippen molar-refractivity contribution >= 4 is 29.1 Å². The van der Waals surface area contributed by atoms with Gasteiger partial charge in [-0.25, -0.2) is 14.4 Å². The fraction of sp³-hybridized carbons (Fsp3) is 0.586. The number of benzene rings is 1. The lowest BCUT2D eigenvalue weighted by Crippen LogP contribution is -2.50. The summed E-state index contributed by atoms with van der Waals surface area (Å²) in [6.07, 6.45) is -1.76. The zero-order valence-corrected chi connectivity index (χ0v) is 24.3. The number of carbonyl (C=O) groups is 2. The van der Waals surface area contributed by atoms with Gasteiger partial charge in [0.1, 0.15) is 5.82 Å². The molecule has 0 spiro atoms. The molecule has 3 saturated heterocycles. The van der Waals surface area contributed by atoms with Crippen LogP contribution in [0, 0.1) is 17.7 Å². The van der Waals surface area contributed by atoms with Gasteiger partial charge in [-0.15, -0.1) is 0 Å². The number of nitrogens with one attached hydrogen (secondary N) is 2. The van der Waals surface area contributed by atoms with E-state index in [1.54, 1.807) is 0 Å². The number of anilines is 3. The van der Waals surface area contributed by atoms with Crippen LogP contribution in [0.3, 0.4) is 0 Å². The summed E-state index contributed by atoms with van der Waals surface area (Å²) in [5.41, 5.74) is 1.05. The molecule has 43 heavy (non-hydrogen) atoms. The van der Waals surface area contributed by atoms with Crippen LogP contribution in [-0.4, -0.2) is 97.9 Å². The quantitative estimate of drug-likeness (QED) is 0.441. The van der Waals surface area contributed by atoms with Crippen LogP contribution >= 0.6 is 0 Å². The fourth-order valence-electron chi connectivity index (χ4n) is 6.16. The minimum absolute atomic E-state index is 0.108. The first-order valence-corrected chi connectivity index (χ1v) is 14.7. The maximum atomic E-state index is 15.7. The van der Waals surface area contributed by atoms with E-state index < -0.39 is 48.6 Å². The minimum Gasteiger partial charge on any atom is -0.378 e. The molecule has 1 aromatic heterocycles. The molecule has 0 aliphatic carbocycles. The average Bonchev–Trinajstić information content (AvgIpc) is 3.48. The molecule has 1 aromatic carbocycles. The van der Waals surface area contributed by atoms with Crippen molar-refractivity contribution < 1.29 is 31.9 Å². The van der Waals surface area contributed by atoms with Crippen molar-refractivity contribution in [1.82, 2.24) is 20.2 Å². The molecule has 3 fully saturated rings. The third kappa shape index (κ3) is 6.85. The van der Waals surface area contributed by atoms with Gasteiger partial charge in [-0.2, -0.15) is 13.2 Å². The van der Waals surface area contributed by atoms with Crippen LogP contribution in [-0.2, 0) is 14.3 Å². The molecule has 0 radical (unpaired) electrons. The summed E-state index contributed by atoms with van der Waals surface area (Å²) < 4.78 is 62.6. The Morgan fingerprint density at radius 1 is 1.12 bits per heavy atom. The fourth-order valence-corrected chi connectivity index (χ4v) is 6.16. The summed E-state index contributed by atoms with van der Waals surface area (Å²) in [5, 5.41) is 5.05. The number of alkyl halides is 3. The smallest absolute Gasteiger partial charge is 0.378 e. The number of halogens is 4. The zero-order chi connectivity index (χ0) is 30.7. The number of nitrogens with zero attached hydrogens (tertiary/aromatic N) is 5. The number of hydrogen-bond acceptors (Lipinski definition) is 8. The third-order valence-electron chi connectivity index (χ3n) is 8.59. The van der Waals surface area contributed by atoms with Crippen LogP contribution in [0.2, 0.25) is 0 Å². The second kappa shape index (κ2) is 13.0. The van der Waals surface area contributed by atoms with Crippen molar-refractivity contribution in [3.8, 4) is 11.1 Å². The van der Waals surface area contributed by atoms with Crippen LogP contribution in [0.1, 0.15) is 26.7 Å². The molecular formula is C29H37F4N7O3. The molecule has 2 aromatic rings. The topological polar surface area (TPSA) is 103 Å². The van der Waals surface area contributed by atoms with E-state index in [9.17, 15) is 22.8 Å². The Kier molecular flexibility index (Phi) is 9.35. The summed E-state index contributed by atoms with van der Waals surface area (Å²) >= 11 is 0. The largest absolute Gasteiger partial charge is 0.393 e. The van der Waals surface area contributed by atoms with Gasteiger partial charge in [0, 0.05) is 68.7 Å². The Morgan fingerprint density at radius 2 is 1.81 bits per heavy atom. The van der Waals surface area contributed by atoms with Gasteiger partial charge < -0.3 is 25.2 Å². The van der Waals surface area contributed by atoms with Crippen molar-refractivity contribution in [3.05, 3.63) is 30.3 Å². The second-order valence-electron chi connectivity index (χ2n) is 11.1. The van der Waals surface area contributed by atoms with Crippen molar-refractivity contribution in [3.63, 3.8) is 0 Å². The molecule has 3 aliphatic heterocycles. The summed E-state index contributed by atoms with van der Waals surface area (Å²) in [4.78, 5) is 40.2. The number of morpholine rings is 1. The first-order valence-electron chi connectivity index (χ1n) is 14.7. The molecular weight excluding hydrogens is 570 g/mol. The molecule has 5 rings (SSSR count). The standard InChI is InChI=1S/C29H37F4N7O3/c1-3-38(4-2)19-5-6-40(17-19)25-13-23(30)20(18-14-35-28(36-15-18)39-7-9-43-10-8-39)11-24(25)37-27(42)21-16-34-26(41)12-22(21)29(31,32)33/h11,13-15,19,21-22H,3-10,12,16-17H2,1-2H3,(H,34,41)(H,37,42)/t19-,21?,22?/m1/s1. The van der Waals surface area contributed by atoms with Crippen LogP contribution in [0.5, 0.6) is 0 Å². The van der Waals surface area contributed by atoms with E-state index in [-0.39, 0.29) is 17.3 Å². The Hall–Kier alpha value is -3.52. The Balaban J connectivity index is 1.47. The van der Waals surface area contributed by atoms with Crippen LogP contribution in [0.15, 0.2) is 24.5 Å². The first-order chi connectivity index (χ1) is 20.6. The van der Waals surface area contributed by atoms with E-state index in [0.29, 0.717) is 56.6 Å². The Labute approximate surface area is 247 Å². The number of likely N-dealkylation sites (N-methyl/N-ethyl adjacent to an activating group) is 1. The number of ether oxygens (including phenoxy) is 1. The number of carbonyl (C=O) groups excluding carboxylic acids is 2. The third-order valence-corrected chi connectivity index (χ3v) is 8.59. The van der Waals surface area contributed by atoms with Gasteiger partial charge >= 0.3 is 6.18 Å². The number of amides is 2. The molecule has 14 heteroatoms. The molecule has 0 saturated carbocycles. The van der Waals surface area contributed by atoms with E-state index in [1.807, 2.05) is 9.80 Å². The predicted molar refractivity (Wildman–Crippen MR) is 153 cm³/mol. The second-order valence-corrected chi connectivity index (χ2v) is 11.1. The van der Waals surface area contributed by atoms with Gasteiger partial charge in [-0.05, 0) is 31.6 Å². The average molecular weight is 608 g/mol. The van der Waals surface area contributed by atoms with E-state index in [4.69, 9.17) is 4.74 Å². The highest BCUT2D eigenvalue weighted by molar-refractivity contribution is 5.98. The van der Waals surface area contributed by atoms with Crippen molar-refractivity contribution in [2.75, 3.05) is 74.1 Å². The highest BCUT2D eigenvalue weighted by Crippen LogP contribution is 2.40. The lowest BCUT2D eigenvalue weighted by Gasteiger charge is -2.32. The molecule has 2 amide bonds. The molecule has 4 heterocycles. The lowest BCUT2D eigenvalue weighted by molar-refractivity contribution is -0.197. The van der Waals surface area contributed by atoms with Gasteiger partial charge in [-0.1, -0.05) is 13.8 Å². The first kappa shape index (κ1) is 30.9. The minimum atomic E-state index is -4.73. The number of rotatable bonds is 8. The van der Waals surface area contributed by atoms with Crippen molar-refractivity contribution in [2.45, 2.75) is 38.9 Å². The highest BCUT2D eigenvalue weighted by atomic mass is 19.4. The Bertz CT molecular complexity index is 1300. The van der Waals surface area contributed by atoms with Crippen LogP contribution in [0.4, 0.5) is 34.9 Å². The summed E-state index contributed by atoms with van der Waals surface area (Å²) in [6.45, 7) is 8.91. The van der Waals surface area contributed by atoms with Crippen molar-refractivity contribution in [2.24, 2.45) is 11.8 Å². The number of aromatic nitrogens is 2. The maximum absolute atomic E-state index is 15.7. The van der Waals surface area contributed by atoms with Gasteiger partial charge in [0.15, 0.2) is 0 Å². The maximum Gasteiger partial charge on any atom is 0.393 e. The zero-order valence-electron chi connectivity index (χ0n) is 24.3. The number of piperidine rings is 1. The summed E-state index contributed by atoms with van der Waals surface area (Å²) in [6, 6.07) is 2.96. The van der Waals surface area contributed by atoms with Gasteiger partial charge in [-0.3, -0.25) is 14.5 Å². The monoisotopic (exact) mass is 607 g/mol. The van der Waals surface area contributed by atoms with Gasteiger partial charge in [0.2, 0.25) is 17.8 Å². The highest BCUT2D eigenvalue weighted by Gasteiger charge is 2.50. The molecule has 2 unspecified atom stereocenters. The van der Waals surface area contributed by atoms with Crippen molar-refractivity contribution in [1.29, 1.82) is 0 Å². The van der Waals surface area contributed by atoms with Crippen LogP contribution < -0.4 is 20.4 Å². The summed E-state index contributed by atoms with van der Waals surface area (Å²) in [5.74, 6) is -5.38. The number of hydrogen-bond donors (Lipinski definition) is 2. The summed E-state index contributed by atoms with van der Waals surface area (Å²) in [7, 11) is 0. The molecule has 2 N–H and O–H groups in total. The normalized spacial score (nSPS) is 23.0. The molecule has 234 valence electrons. The molecule has 3 atom stereocenters. The molecule has 3 aliphatic rings. The van der Waals surface area contributed by atoms with E-state index in [1.165, 1.54) is 24.5 Å². The van der Waals surface area contributed by atoms with Gasteiger partial charge in [0.25, 0.3) is 0 Å². The molecule has 10 nitrogen and oxygen atoms in total. The SMILES string of the molecule is CCN(CC)[C@@H]1CCN(c2cc(F)c(-c3cnc(N4CCOCC4)nc3)cc2NC(=O)C2CNC(=O)CC2C(F)(F)F)C1. The van der Waals surface area contributed by atoms with E-state index in [0.717, 1.165) is 19.5 Å². The van der Waals surface area contributed by atoms with E-state index in [2.05, 4.69) is 39.3 Å². The molecule has 0 bridgehead atoms. The van der Waals surface area contributed by atoms with Crippen LogP contribution in [0.25, 0.3) is 11.1 Å². The van der Waals surface area contributed by atoms with Gasteiger partial charge in [0.05, 0.1) is 36.4 Å². The Morgan fingerprint density at radius 3 is 2.47 bits per heavy atom. The predicted octanol–water partition coefficient (Wildman–Crippen LogP) is 3.29. The lowest BCUT2D eigenvalue weighted by atomic mass is 9.84. The van der Waals surface area contributed by atoms with E-state index >= 15 is 4.39 Å².